The van der Waals surface area contributed by atoms with Gasteiger partial charge in [-0.3, -0.25) is 0 Å². The maximum absolute atomic E-state index is 4.43. The van der Waals surface area contributed by atoms with Gasteiger partial charge in [-0.05, 0) is 30.7 Å². The number of nitrogens with one attached hydrogen (secondary N) is 1. The second-order valence-electron chi connectivity index (χ2n) is 4.51. The molecular weight excluding hydrogens is 230 g/mol. The number of thiophene rings is 1. The van der Waals surface area contributed by atoms with Crippen molar-refractivity contribution in [3.05, 3.63) is 34.8 Å². The first-order valence-corrected chi connectivity index (χ1v) is 7.09. The number of rotatable bonds is 5. The highest BCUT2D eigenvalue weighted by Gasteiger charge is 2.26. The van der Waals surface area contributed by atoms with E-state index in [0.29, 0.717) is 12.1 Å². The molecule has 0 bridgehead atoms. The van der Waals surface area contributed by atoms with Crippen LogP contribution in [-0.2, 0) is 0 Å². The number of anilines is 1. The SMILES string of the molecule is CCC(Nc1nccn1C1CC1)c1cccs1. The standard InChI is InChI=1S/C13H17N3S/c1-2-11(12-4-3-9-17-12)15-13-14-7-8-16(13)10-5-6-10/h3-4,7-11H,2,5-6H2,1H3,(H,14,15). The summed E-state index contributed by atoms with van der Waals surface area (Å²) < 4.78 is 2.27. The number of aromatic nitrogens is 2. The molecule has 0 amide bonds. The molecule has 2 aromatic heterocycles. The Hall–Kier alpha value is -1.29. The number of imidazole rings is 1. The summed E-state index contributed by atoms with van der Waals surface area (Å²) in [5, 5.41) is 5.70. The maximum atomic E-state index is 4.43. The van der Waals surface area contributed by atoms with Crippen LogP contribution in [0.4, 0.5) is 5.95 Å². The second-order valence-corrected chi connectivity index (χ2v) is 5.49. The first kappa shape index (κ1) is 10.8. The molecule has 0 aromatic carbocycles. The highest BCUT2D eigenvalue weighted by molar-refractivity contribution is 7.10. The fourth-order valence-electron chi connectivity index (χ4n) is 2.09. The molecule has 2 aromatic rings. The van der Waals surface area contributed by atoms with Crippen LogP contribution in [0.3, 0.4) is 0 Å². The largest absolute Gasteiger partial charge is 0.348 e. The van der Waals surface area contributed by atoms with Crippen LogP contribution in [-0.4, -0.2) is 9.55 Å². The van der Waals surface area contributed by atoms with Gasteiger partial charge in [-0.15, -0.1) is 11.3 Å². The molecule has 1 saturated carbocycles. The van der Waals surface area contributed by atoms with E-state index in [1.807, 2.05) is 17.5 Å². The lowest BCUT2D eigenvalue weighted by Crippen LogP contribution is -2.12. The predicted octanol–water partition coefficient (Wildman–Crippen LogP) is 3.84. The van der Waals surface area contributed by atoms with Gasteiger partial charge >= 0.3 is 0 Å². The molecule has 2 heterocycles. The average Bonchev–Trinajstić information content (AvgIpc) is 2.88. The minimum atomic E-state index is 0.384. The molecule has 1 fully saturated rings. The smallest absolute Gasteiger partial charge is 0.203 e. The van der Waals surface area contributed by atoms with E-state index in [2.05, 4.69) is 45.5 Å². The van der Waals surface area contributed by atoms with Gasteiger partial charge in [0.25, 0.3) is 0 Å². The number of nitrogens with zero attached hydrogens (tertiary/aromatic N) is 2. The van der Waals surface area contributed by atoms with E-state index in [1.54, 1.807) is 0 Å². The van der Waals surface area contributed by atoms with Crippen molar-refractivity contribution in [2.45, 2.75) is 38.3 Å². The van der Waals surface area contributed by atoms with Crippen molar-refractivity contribution in [3.63, 3.8) is 0 Å². The highest BCUT2D eigenvalue weighted by Crippen LogP contribution is 2.37. The van der Waals surface area contributed by atoms with Gasteiger partial charge in [0.15, 0.2) is 0 Å². The fourth-order valence-corrected chi connectivity index (χ4v) is 2.95. The lowest BCUT2D eigenvalue weighted by molar-refractivity contribution is 0.700. The summed E-state index contributed by atoms with van der Waals surface area (Å²) in [5.41, 5.74) is 0. The molecule has 1 aliphatic rings. The molecule has 0 spiro atoms. The van der Waals surface area contributed by atoms with Crippen molar-refractivity contribution in [1.82, 2.24) is 9.55 Å². The van der Waals surface area contributed by atoms with Gasteiger partial charge in [0.1, 0.15) is 0 Å². The van der Waals surface area contributed by atoms with Crippen LogP contribution in [0, 0.1) is 0 Å². The Bertz CT molecular complexity index is 471. The van der Waals surface area contributed by atoms with Gasteiger partial charge < -0.3 is 9.88 Å². The molecule has 1 aliphatic carbocycles. The van der Waals surface area contributed by atoms with Gasteiger partial charge in [0.05, 0.1) is 6.04 Å². The predicted molar refractivity (Wildman–Crippen MR) is 71.5 cm³/mol. The summed E-state index contributed by atoms with van der Waals surface area (Å²) in [6.45, 7) is 2.21. The summed E-state index contributed by atoms with van der Waals surface area (Å²) in [5.74, 6) is 1.02. The Kier molecular flexibility index (Phi) is 2.89. The first-order chi connectivity index (χ1) is 8.38. The van der Waals surface area contributed by atoms with E-state index < -0.39 is 0 Å². The molecule has 0 aliphatic heterocycles. The second kappa shape index (κ2) is 4.53. The zero-order valence-corrected chi connectivity index (χ0v) is 10.8. The molecular formula is C13H17N3S. The molecule has 0 saturated heterocycles. The number of hydrogen-bond donors (Lipinski definition) is 1. The maximum Gasteiger partial charge on any atom is 0.203 e. The van der Waals surface area contributed by atoms with E-state index in [-0.39, 0.29) is 0 Å². The van der Waals surface area contributed by atoms with Gasteiger partial charge in [-0.1, -0.05) is 13.0 Å². The highest BCUT2D eigenvalue weighted by atomic mass is 32.1. The Balaban J connectivity index is 1.78. The zero-order chi connectivity index (χ0) is 11.7. The minimum Gasteiger partial charge on any atom is -0.348 e. The van der Waals surface area contributed by atoms with Gasteiger partial charge in [-0.25, -0.2) is 4.98 Å². The van der Waals surface area contributed by atoms with Crippen molar-refractivity contribution < 1.29 is 0 Å². The Morgan fingerprint density at radius 3 is 3.12 bits per heavy atom. The molecule has 1 N–H and O–H groups in total. The van der Waals surface area contributed by atoms with Crippen LogP contribution in [0.25, 0.3) is 0 Å². The van der Waals surface area contributed by atoms with E-state index in [9.17, 15) is 0 Å². The normalized spacial score (nSPS) is 17.0. The summed E-state index contributed by atoms with van der Waals surface area (Å²) in [6, 6.07) is 5.37. The van der Waals surface area contributed by atoms with E-state index >= 15 is 0 Å². The van der Waals surface area contributed by atoms with Gasteiger partial charge in [-0.2, -0.15) is 0 Å². The molecule has 4 heteroatoms. The topological polar surface area (TPSA) is 29.9 Å². The van der Waals surface area contributed by atoms with Crippen LogP contribution >= 0.6 is 11.3 Å². The summed E-state index contributed by atoms with van der Waals surface area (Å²) in [6.07, 6.45) is 7.64. The van der Waals surface area contributed by atoms with Gasteiger partial charge in [0, 0.05) is 23.3 Å². The molecule has 90 valence electrons. The van der Waals surface area contributed by atoms with Crippen LogP contribution < -0.4 is 5.32 Å². The molecule has 3 rings (SSSR count). The summed E-state index contributed by atoms with van der Waals surface area (Å²) in [7, 11) is 0. The molecule has 3 nitrogen and oxygen atoms in total. The van der Waals surface area contributed by atoms with Crippen LogP contribution in [0.5, 0.6) is 0 Å². The Morgan fingerprint density at radius 2 is 2.47 bits per heavy atom. The number of hydrogen-bond acceptors (Lipinski definition) is 3. The third-order valence-electron chi connectivity index (χ3n) is 3.21. The van der Waals surface area contributed by atoms with Crippen molar-refractivity contribution in [2.24, 2.45) is 0 Å². The van der Waals surface area contributed by atoms with Crippen molar-refractivity contribution in [3.8, 4) is 0 Å². The molecule has 1 unspecified atom stereocenters. The van der Waals surface area contributed by atoms with E-state index in [0.717, 1.165) is 12.4 Å². The first-order valence-electron chi connectivity index (χ1n) is 6.21. The Labute approximate surface area is 106 Å². The third-order valence-corrected chi connectivity index (χ3v) is 4.19. The monoisotopic (exact) mass is 247 g/mol. The minimum absolute atomic E-state index is 0.384. The quantitative estimate of drug-likeness (QED) is 0.870. The zero-order valence-electron chi connectivity index (χ0n) is 9.97. The lowest BCUT2D eigenvalue weighted by Gasteiger charge is -2.17. The fraction of sp³-hybridized carbons (Fsp3) is 0.462. The van der Waals surface area contributed by atoms with Crippen molar-refractivity contribution in [2.75, 3.05) is 5.32 Å². The van der Waals surface area contributed by atoms with Crippen LogP contribution in [0.2, 0.25) is 0 Å². The van der Waals surface area contributed by atoms with Gasteiger partial charge in [0.2, 0.25) is 5.95 Å². The Morgan fingerprint density at radius 1 is 1.59 bits per heavy atom. The van der Waals surface area contributed by atoms with Crippen LogP contribution in [0.15, 0.2) is 29.9 Å². The lowest BCUT2D eigenvalue weighted by atomic mass is 10.2. The van der Waals surface area contributed by atoms with Crippen molar-refractivity contribution >= 4 is 17.3 Å². The molecule has 0 radical (unpaired) electrons. The van der Waals surface area contributed by atoms with Crippen molar-refractivity contribution in [1.29, 1.82) is 0 Å². The average molecular weight is 247 g/mol. The van der Waals surface area contributed by atoms with Crippen LogP contribution in [0.1, 0.15) is 43.1 Å². The van der Waals surface area contributed by atoms with E-state index in [1.165, 1.54) is 17.7 Å². The summed E-state index contributed by atoms with van der Waals surface area (Å²) in [4.78, 5) is 5.82. The third kappa shape index (κ3) is 2.22. The summed E-state index contributed by atoms with van der Waals surface area (Å²) >= 11 is 1.81. The molecule has 1 atom stereocenters. The molecule has 17 heavy (non-hydrogen) atoms. The van der Waals surface area contributed by atoms with E-state index in [4.69, 9.17) is 0 Å².